The van der Waals surface area contributed by atoms with Crippen molar-refractivity contribution in [2.75, 3.05) is 31.3 Å². The third-order valence-electron chi connectivity index (χ3n) is 2.82. The molecular formula is C15H26N2O3. The summed E-state index contributed by atoms with van der Waals surface area (Å²) in [4.78, 5) is 0. The van der Waals surface area contributed by atoms with Crippen LogP contribution < -0.4 is 15.8 Å². The van der Waals surface area contributed by atoms with E-state index in [1.807, 2.05) is 26.0 Å². The Hall–Kier alpha value is -1.46. The minimum atomic E-state index is -0.834. The molecule has 4 N–H and O–H groups in total. The number of anilines is 2. The fourth-order valence-corrected chi connectivity index (χ4v) is 1.77. The molecule has 0 aliphatic heterocycles. The van der Waals surface area contributed by atoms with Crippen LogP contribution in [-0.4, -0.2) is 37.1 Å². The van der Waals surface area contributed by atoms with Crippen molar-refractivity contribution in [1.82, 2.24) is 0 Å². The van der Waals surface area contributed by atoms with Gasteiger partial charge in [0.25, 0.3) is 0 Å². The van der Waals surface area contributed by atoms with Crippen molar-refractivity contribution < 1.29 is 14.6 Å². The third kappa shape index (κ3) is 6.12. The zero-order valence-electron chi connectivity index (χ0n) is 12.8. The maximum absolute atomic E-state index is 10.2. The maximum atomic E-state index is 10.2. The van der Waals surface area contributed by atoms with Crippen molar-refractivity contribution in [2.45, 2.75) is 38.9 Å². The summed E-state index contributed by atoms with van der Waals surface area (Å²) in [6.45, 7) is 6.64. The predicted molar refractivity (Wildman–Crippen MR) is 82.2 cm³/mol. The van der Waals surface area contributed by atoms with Crippen LogP contribution in [-0.2, 0) is 4.74 Å². The minimum Gasteiger partial charge on any atom is -0.491 e. The van der Waals surface area contributed by atoms with Gasteiger partial charge in [-0.15, -0.1) is 0 Å². The molecule has 1 aromatic rings. The zero-order chi connectivity index (χ0) is 15.2. The van der Waals surface area contributed by atoms with Crippen LogP contribution in [0.3, 0.4) is 0 Å². The number of hydrogen-bond donors (Lipinski definition) is 3. The Labute approximate surface area is 121 Å². The zero-order valence-corrected chi connectivity index (χ0v) is 12.8. The molecule has 0 fully saturated rings. The number of benzene rings is 1. The average molecular weight is 282 g/mol. The van der Waals surface area contributed by atoms with Crippen LogP contribution in [0.15, 0.2) is 18.2 Å². The summed E-state index contributed by atoms with van der Waals surface area (Å²) in [6.07, 6.45) is 0.656. The Morgan fingerprint density at radius 1 is 1.35 bits per heavy atom. The van der Waals surface area contributed by atoms with Gasteiger partial charge >= 0.3 is 0 Å². The molecule has 0 bridgehead atoms. The second kappa shape index (κ2) is 7.36. The first-order chi connectivity index (χ1) is 9.32. The SMILES string of the molecule is COCCC(C)(O)CNc1cc(N)cc(OC(C)C)c1. The third-order valence-corrected chi connectivity index (χ3v) is 2.82. The lowest BCUT2D eigenvalue weighted by atomic mass is 10.0. The number of nitrogens with one attached hydrogen (secondary N) is 1. The second-order valence-electron chi connectivity index (χ2n) is 5.55. The highest BCUT2D eigenvalue weighted by atomic mass is 16.5. The van der Waals surface area contributed by atoms with Crippen LogP contribution in [0.5, 0.6) is 5.75 Å². The topological polar surface area (TPSA) is 76.7 Å². The standard InChI is InChI=1S/C15H26N2O3/c1-11(2)20-14-8-12(16)7-13(9-14)17-10-15(3,18)5-6-19-4/h7-9,11,17-18H,5-6,10,16H2,1-4H3. The van der Waals surface area contributed by atoms with Gasteiger partial charge in [-0.25, -0.2) is 0 Å². The van der Waals surface area contributed by atoms with Crippen LogP contribution in [0.25, 0.3) is 0 Å². The van der Waals surface area contributed by atoms with Gasteiger partial charge < -0.3 is 25.6 Å². The molecule has 0 saturated carbocycles. The van der Waals surface area contributed by atoms with Gasteiger partial charge in [0, 0.05) is 50.2 Å². The van der Waals surface area contributed by atoms with Crippen molar-refractivity contribution in [3.8, 4) is 5.75 Å². The van der Waals surface area contributed by atoms with E-state index in [0.29, 0.717) is 25.3 Å². The first kappa shape index (κ1) is 16.6. The molecule has 1 aromatic carbocycles. The van der Waals surface area contributed by atoms with E-state index in [1.54, 1.807) is 20.1 Å². The Kier molecular flexibility index (Phi) is 6.10. The summed E-state index contributed by atoms with van der Waals surface area (Å²) >= 11 is 0. The van der Waals surface area contributed by atoms with Crippen molar-refractivity contribution in [3.05, 3.63) is 18.2 Å². The van der Waals surface area contributed by atoms with Crippen LogP contribution in [0.4, 0.5) is 11.4 Å². The van der Waals surface area contributed by atoms with Gasteiger partial charge in [0.15, 0.2) is 0 Å². The molecule has 0 aliphatic carbocycles. The lowest BCUT2D eigenvalue weighted by Crippen LogP contribution is -2.34. The van der Waals surface area contributed by atoms with Crippen molar-refractivity contribution in [3.63, 3.8) is 0 Å². The smallest absolute Gasteiger partial charge is 0.123 e. The molecule has 0 spiro atoms. The van der Waals surface area contributed by atoms with Gasteiger partial charge in [-0.05, 0) is 26.8 Å². The number of rotatable bonds is 8. The van der Waals surface area contributed by atoms with E-state index >= 15 is 0 Å². The number of ether oxygens (including phenoxy) is 2. The average Bonchev–Trinajstić information content (AvgIpc) is 2.33. The van der Waals surface area contributed by atoms with E-state index in [-0.39, 0.29) is 6.10 Å². The van der Waals surface area contributed by atoms with Gasteiger partial charge in [-0.3, -0.25) is 0 Å². The quantitative estimate of drug-likeness (QED) is 0.638. The van der Waals surface area contributed by atoms with Crippen LogP contribution in [0.2, 0.25) is 0 Å². The van der Waals surface area contributed by atoms with Crippen molar-refractivity contribution in [2.24, 2.45) is 0 Å². The summed E-state index contributed by atoms with van der Waals surface area (Å²) < 4.78 is 10.6. The van der Waals surface area contributed by atoms with E-state index in [1.165, 1.54) is 0 Å². The molecule has 5 nitrogen and oxygen atoms in total. The number of aliphatic hydroxyl groups is 1. The lowest BCUT2D eigenvalue weighted by Gasteiger charge is -2.24. The predicted octanol–water partition coefficient (Wildman–Crippen LogP) is 2.26. The molecular weight excluding hydrogens is 256 g/mol. The molecule has 0 radical (unpaired) electrons. The highest BCUT2D eigenvalue weighted by molar-refractivity contribution is 5.59. The molecule has 1 rings (SSSR count). The molecule has 20 heavy (non-hydrogen) atoms. The fourth-order valence-electron chi connectivity index (χ4n) is 1.77. The molecule has 0 aromatic heterocycles. The minimum absolute atomic E-state index is 0.0921. The van der Waals surface area contributed by atoms with Gasteiger partial charge in [0.2, 0.25) is 0 Å². The number of methoxy groups -OCH3 is 1. The molecule has 114 valence electrons. The summed E-state index contributed by atoms with van der Waals surface area (Å²) in [5.74, 6) is 0.721. The highest BCUT2D eigenvalue weighted by Gasteiger charge is 2.19. The second-order valence-corrected chi connectivity index (χ2v) is 5.55. The van der Waals surface area contributed by atoms with E-state index in [0.717, 1.165) is 11.4 Å². The number of nitrogen functional groups attached to an aromatic ring is 1. The summed E-state index contributed by atoms with van der Waals surface area (Å²) in [5.41, 5.74) is 6.48. The first-order valence-corrected chi connectivity index (χ1v) is 6.85. The largest absolute Gasteiger partial charge is 0.491 e. The van der Waals surface area contributed by atoms with Gasteiger partial charge in [0.05, 0.1) is 11.7 Å². The molecule has 0 amide bonds. The van der Waals surface area contributed by atoms with E-state index < -0.39 is 5.60 Å². The molecule has 1 unspecified atom stereocenters. The Morgan fingerprint density at radius 2 is 2.05 bits per heavy atom. The Bertz CT molecular complexity index is 420. The van der Waals surface area contributed by atoms with Gasteiger partial charge in [-0.2, -0.15) is 0 Å². The number of nitrogens with two attached hydrogens (primary N) is 1. The molecule has 5 heteroatoms. The fraction of sp³-hybridized carbons (Fsp3) is 0.600. The maximum Gasteiger partial charge on any atom is 0.123 e. The van der Waals surface area contributed by atoms with Crippen molar-refractivity contribution >= 4 is 11.4 Å². The van der Waals surface area contributed by atoms with E-state index in [9.17, 15) is 5.11 Å². The first-order valence-electron chi connectivity index (χ1n) is 6.85. The molecule has 0 heterocycles. The Morgan fingerprint density at radius 3 is 2.65 bits per heavy atom. The van der Waals surface area contributed by atoms with Crippen LogP contribution in [0.1, 0.15) is 27.2 Å². The highest BCUT2D eigenvalue weighted by Crippen LogP contribution is 2.24. The number of hydrogen-bond acceptors (Lipinski definition) is 5. The monoisotopic (exact) mass is 282 g/mol. The van der Waals surface area contributed by atoms with E-state index in [2.05, 4.69) is 5.32 Å². The summed E-state index contributed by atoms with van der Waals surface area (Å²) in [7, 11) is 1.62. The molecule has 1 atom stereocenters. The lowest BCUT2D eigenvalue weighted by molar-refractivity contribution is 0.0357. The van der Waals surface area contributed by atoms with Gasteiger partial charge in [0.1, 0.15) is 5.75 Å². The summed E-state index contributed by atoms with van der Waals surface area (Å²) in [5, 5.41) is 13.4. The normalized spacial score (nSPS) is 14.1. The van der Waals surface area contributed by atoms with E-state index in [4.69, 9.17) is 15.2 Å². The molecule has 0 aliphatic rings. The summed E-state index contributed by atoms with van der Waals surface area (Å²) in [6, 6.07) is 5.48. The van der Waals surface area contributed by atoms with Crippen molar-refractivity contribution in [1.29, 1.82) is 0 Å². The van der Waals surface area contributed by atoms with Crippen LogP contribution in [0, 0.1) is 0 Å². The molecule has 0 saturated heterocycles. The van der Waals surface area contributed by atoms with Gasteiger partial charge in [-0.1, -0.05) is 0 Å². The Balaban J connectivity index is 2.65. The van der Waals surface area contributed by atoms with Crippen LogP contribution >= 0.6 is 0 Å².